The molecule has 134 valence electrons. The number of carbonyl (C=O) groups excluding carboxylic acids is 2. The van der Waals surface area contributed by atoms with Gasteiger partial charge in [-0.2, -0.15) is 0 Å². The Labute approximate surface area is 152 Å². The third kappa shape index (κ3) is 3.08. The van der Waals surface area contributed by atoms with Crippen LogP contribution in [0.3, 0.4) is 0 Å². The highest BCUT2D eigenvalue weighted by atomic mass is 16.5. The van der Waals surface area contributed by atoms with Crippen molar-refractivity contribution in [1.82, 2.24) is 4.57 Å². The van der Waals surface area contributed by atoms with Crippen LogP contribution >= 0.6 is 0 Å². The molecular weight excluding hydrogens is 330 g/mol. The van der Waals surface area contributed by atoms with Gasteiger partial charge in [-0.1, -0.05) is 17.7 Å². The molecule has 1 aromatic heterocycles. The Morgan fingerprint density at radius 1 is 1.00 bits per heavy atom. The molecule has 3 rings (SSSR count). The summed E-state index contributed by atoms with van der Waals surface area (Å²) in [5.74, 6) is 0.190. The molecule has 0 saturated heterocycles. The van der Waals surface area contributed by atoms with E-state index in [4.69, 9.17) is 9.47 Å². The highest BCUT2D eigenvalue weighted by Crippen LogP contribution is 2.30. The van der Waals surface area contributed by atoms with Gasteiger partial charge in [-0.05, 0) is 49.7 Å². The molecule has 0 amide bonds. The van der Waals surface area contributed by atoms with Crippen molar-refractivity contribution in [3.8, 4) is 5.75 Å². The molecule has 26 heavy (non-hydrogen) atoms. The molecule has 0 spiro atoms. The van der Waals surface area contributed by atoms with E-state index in [0.29, 0.717) is 11.3 Å². The molecule has 0 bridgehead atoms. The average molecular weight is 351 g/mol. The lowest BCUT2D eigenvalue weighted by Crippen LogP contribution is -2.14. The molecule has 0 fully saturated rings. The van der Waals surface area contributed by atoms with Gasteiger partial charge in [-0.3, -0.25) is 14.2 Å². The normalized spacial score (nSPS) is 10.8. The molecule has 0 aliphatic carbocycles. The first-order valence-corrected chi connectivity index (χ1v) is 8.32. The van der Waals surface area contributed by atoms with Crippen LogP contribution in [0.25, 0.3) is 10.9 Å². The first kappa shape index (κ1) is 17.7. The second-order valence-electron chi connectivity index (χ2n) is 6.21. The van der Waals surface area contributed by atoms with Crippen molar-refractivity contribution in [2.45, 2.75) is 20.3 Å². The number of aromatic nitrogens is 1. The van der Waals surface area contributed by atoms with Crippen LogP contribution in [-0.4, -0.2) is 30.7 Å². The number of hydrogen-bond donors (Lipinski definition) is 0. The highest BCUT2D eigenvalue weighted by molar-refractivity contribution is 6.05. The molecule has 3 aromatic rings. The fourth-order valence-electron chi connectivity index (χ4n) is 3.12. The maximum atomic E-state index is 13.1. The molecule has 0 aliphatic rings. The third-order valence-corrected chi connectivity index (χ3v) is 4.59. The molecular formula is C21H21NO4. The number of hydrogen-bond acceptors (Lipinski definition) is 4. The number of carbonyl (C=O) groups is 2. The monoisotopic (exact) mass is 351 g/mol. The third-order valence-electron chi connectivity index (χ3n) is 4.59. The molecule has 0 atom stereocenters. The van der Waals surface area contributed by atoms with Crippen molar-refractivity contribution in [2.75, 3.05) is 14.2 Å². The fourth-order valence-corrected chi connectivity index (χ4v) is 3.12. The van der Waals surface area contributed by atoms with Gasteiger partial charge in [0, 0.05) is 16.6 Å². The Balaban J connectivity index is 2.21. The minimum atomic E-state index is -0.349. The van der Waals surface area contributed by atoms with Crippen LogP contribution in [-0.2, 0) is 16.0 Å². The van der Waals surface area contributed by atoms with Crippen LogP contribution in [0.4, 0.5) is 0 Å². The van der Waals surface area contributed by atoms with E-state index >= 15 is 0 Å². The summed E-state index contributed by atoms with van der Waals surface area (Å²) >= 11 is 0. The van der Waals surface area contributed by atoms with Crippen LogP contribution < -0.4 is 4.74 Å². The Kier molecular flexibility index (Phi) is 4.80. The van der Waals surface area contributed by atoms with Gasteiger partial charge in [0.05, 0.1) is 26.2 Å². The number of esters is 1. The predicted molar refractivity (Wildman–Crippen MR) is 99.9 cm³/mol. The standard InChI is InChI=1S/C21H21NO4/c1-13-5-7-15(8-6-13)21(24)22-14(2)17(12-20(23)26-4)18-11-16(25-3)9-10-19(18)22/h5-11H,12H2,1-4H3. The van der Waals surface area contributed by atoms with Crippen molar-refractivity contribution in [3.05, 3.63) is 64.8 Å². The lowest BCUT2D eigenvalue weighted by atomic mass is 10.1. The van der Waals surface area contributed by atoms with Gasteiger partial charge in [-0.15, -0.1) is 0 Å². The molecule has 5 heteroatoms. The van der Waals surface area contributed by atoms with E-state index in [1.54, 1.807) is 11.7 Å². The molecule has 0 unspecified atom stereocenters. The van der Waals surface area contributed by atoms with E-state index in [-0.39, 0.29) is 18.3 Å². The number of nitrogens with zero attached hydrogens (tertiary/aromatic N) is 1. The van der Waals surface area contributed by atoms with Gasteiger partial charge in [0.2, 0.25) is 0 Å². The van der Waals surface area contributed by atoms with Gasteiger partial charge in [0.1, 0.15) is 5.75 Å². The molecule has 0 saturated carbocycles. The SMILES string of the molecule is COC(=O)Cc1c(C)n(C(=O)c2ccc(C)cc2)c2ccc(OC)cc12. The second-order valence-corrected chi connectivity index (χ2v) is 6.21. The van der Waals surface area contributed by atoms with Crippen molar-refractivity contribution in [1.29, 1.82) is 0 Å². The van der Waals surface area contributed by atoms with Gasteiger partial charge < -0.3 is 9.47 Å². The van der Waals surface area contributed by atoms with E-state index in [1.165, 1.54) is 7.11 Å². The number of benzene rings is 2. The van der Waals surface area contributed by atoms with E-state index in [9.17, 15) is 9.59 Å². The molecule has 0 N–H and O–H groups in total. The van der Waals surface area contributed by atoms with Crippen LogP contribution in [0.15, 0.2) is 42.5 Å². The zero-order valence-electron chi connectivity index (χ0n) is 15.3. The lowest BCUT2D eigenvalue weighted by Gasteiger charge is -2.08. The number of methoxy groups -OCH3 is 2. The fraction of sp³-hybridized carbons (Fsp3) is 0.238. The second kappa shape index (κ2) is 7.04. The summed E-state index contributed by atoms with van der Waals surface area (Å²) < 4.78 is 11.8. The molecule has 5 nitrogen and oxygen atoms in total. The van der Waals surface area contributed by atoms with Gasteiger partial charge >= 0.3 is 5.97 Å². The van der Waals surface area contributed by atoms with E-state index in [2.05, 4.69) is 0 Å². The zero-order valence-corrected chi connectivity index (χ0v) is 15.3. The van der Waals surface area contributed by atoms with E-state index < -0.39 is 0 Å². The lowest BCUT2D eigenvalue weighted by molar-refractivity contribution is -0.139. The van der Waals surface area contributed by atoms with Crippen LogP contribution in [0.1, 0.15) is 27.2 Å². The van der Waals surface area contributed by atoms with Crippen molar-refractivity contribution >= 4 is 22.8 Å². The summed E-state index contributed by atoms with van der Waals surface area (Å²) in [7, 11) is 2.94. The molecule has 0 aliphatic heterocycles. The largest absolute Gasteiger partial charge is 0.497 e. The van der Waals surface area contributed by atoms with Gasteiger partial charge in [0.15, 0.2) is 0 Å². The van der Waals surface area contributed by atoms with Crippen molar-refractivity contribution in [2.24, 2.45) is 0 Å². The Bertz CT molecular complexity index is 983. The number of fused-ring (bicyclic) bond motifs is 1. The highest BCUT2D eigenvalue weighted by Gasteiger charge is 2.22. The van der Waals surface area contributed by atoms with Gasteiger partial charge in [-0.25, -0.2) is 0 Å². The summed E-state index contributed by atoms with van der Waals surface area (Å²) in [6, 6.07) is 12.9. The minimum absolute atomic E-state index is 0.0974. The topological polar surface area (TPSA) is 57.5 Å². The van der Waals surface area contributed by atoms with Crippen molar-refractivity contribution < 1.29 is 19.1 Å². The molecule has 1 heterocycles. The number of ether oxygens (including phenoxy) is 2. The summed E-state index contributed by atoms with van der Waals surface area (Å²) in [6.07, 6.45) is 0.0974. The zero-order chi connectivity index (χ0) is 18.8. The maximum Gasteiger partial charge on any atom is 0.310 e. The Morgan fingerprint density at radius 2 is 1.69 bits per heavy atom. The molecule has 0 radical (unpaired) electrons. The van der Waals surface area contributed by atoms with Gasteiger partial charge in [0.25, 0.3) is 5.91 Å². The van der Waals surface area contributed by atoms with E-state index in [1.807, 2.05) is 56.3 Å². The predicted octanol–water partition coefficient (Wildman–Crippen LogP) is 3.67. The van der Waals surface area contributed by atoms with Crippen LogP contribution in [0.2, 0.25) is 0 Å². The first-order valence-electron chi connectivity index (χ1n) is 8.32. The van der Waals surface area contributed by atoms with E-state index in [0.717, 1.165) is 27.7 Å². The van der Waals surface area contributed by atoms with Crippen molar-refractivity contribution in [3.63, 3.8) is 0 Å². The number of aryl methyl sites for hydroxylation is 1. The maximum absolute atomic E-state index is 13.1. The molecule has 2 aromatic carbocycles. The quantitative estimate of drug-likeness (QED) is 0.673. The van der Waals surface area contributed by atoms with Crippen LogP contribution in [0.5, 0.6) is 5.75 Å². The summed E-state index contributed by atoms with van der Waals surface area (Å²) in [5.41, 5.74) is 3.92. The minimum Gasteiger partial charge on any atom is -0.497 e. The Hall–Kier alpha value is -3.08. The summed E-state index contributed by atoms with van der Waals surface area (Å²) in [4.78, 5) is 25.0. The van der Waals surface area contributed by atoms with Crippen LogP contribution in [0, 0.1) is 13.8 Å². The average Bonchev–Trinajstić information content (AvgIpc) is 2.92. The Morgan fingerprint density at radius 3 is 2.31 bits per heavy atom. The smallest absolute Gasteiger partial charge is 0.310 e. The summed E-state index contributed by atoms with van der Waals surface area (Å²) in [5, 5.41) is 0.813. The summed E-state index contributed by atoms with van der Waals surface area (Å²) in [6.45, 7) is 3.82. The number of rotatable bonds is 4. The first-order chi connectivity index (χ1) is 12.5.